The summed E-state index contributed by atoms with van der Waals surface area (Å²) in [6, 6.07) is 14.1. The number of aryl methyl sites for hydroxylation is 3. The van der Waals surface area contributed by atoms with Gasteiger partial charge in [-0.05, 0) is 50.1 Å². The van der Waals surface area contributed by atoms with Crippen molar-refractivity contribution in [3.63, 3.8) is 0 Å². The molecule has 0 aliphatic rings. The van der Waals surface area contributed by atoms with Gasteiger partial charge in [-0.1, -0.05) is 23.8 Å². The molecule has 2 aromatic heterocycles. The van der Waals surface area contributed by atoms with Crippen LogP contribution in [-0.2, 0) is 12.8 Å². The predicted molar refractivity (Wildman–Crippen MR) is 97.5 cm³/mol. The highest BCUT2D eigenvalue weighted by Crippen LogP contribution is 2.20. The lowest BCUT2D eigenvalue weighted by atomic mass is 10.00. The zero-order chi connectivity index (χ0) is 16.7. The quantitative estimate of drug-likeness (QED) is 0.603. The molecule has 0 spiro atoms. The molecule has 4 aromatic rings. The number of aromatic nitrogens is 3. The molecule has 4 heteroatoms. The Hall–Kier alpha value is -2.88. The van der Waals surface area contributed by atoms with Crippen LogP contribution in [0.4, 0.5) is 0 Å². The van der Waals surface area contributed by atoms with Crippen molar-refractivity contribution in [3.8, 4) is 0 Å². The number of hydrogen-bond donors (Lipinski definition) is 2. The molecule has 2 N–H and O–H groups in total. The molecule has 0 atom stereocenters. The van der Waals surface area contributed by atoms with Gasteiger partial charge < -0.3 is 9.97 Å². The van der Waals surface area contributed by atoms with Crippen LogP contribution < -0.4 is 5.56 Å². The summed E-state index contributed by atoms with van der Waals surface area (Å²) < 4.78 is 0. The van der Waals surface area contributed by atoms with Gasteiger partial charge >= 0.3 is 0 Å². The number of hydrogen-bond acceptors (Lipinski definition) is 2. The van der Waals surface area contributed by atoms with Crippen molar-refractivity contribution in [2.45, 2.75) is 26.7 Å². The highest BCUT2D eigenvalue weighted by atomic mass is 16.1. The van der Waals surface area contributed by atoms with E-state index in [1.54, 1.807) is 0 Å². The Bertz CT molecular complexity index is 1070. The number of aromatic amines is 2. The van der Waals surface area contributed by atoms with Gasteiger partial charge in [-0.25, -0.2) is 4.98 Å². The van der Waals surface area contributed by atoms with E-state index in [2.05, 4.69) is 27.9 Å². The summed E-state index contributed by atoms with van der Waals surface area (Å²) in [7, 11) is 0. The van der Waals surface area contributed by atoms with E-state index in [1.165, 1.54) is 5.56 Å². The Kier molecular flexibility index (Phi) is 3.45. The highest BCUT2D eigenvalue weighted by Gasteiger charge is 2.11. The van der Waals surface area contributed by atoms with E-state index in [0.29, 0.717) is 6.42 Å². The number of imidazole rings is 1. The van der Waals surface area contributed by atoms with Crippen molar-refractivity contribution in [2.24, 2.45) is 0 Å². The smallest absolute Gasteiger partial charge is 0.251 e. The predicted octanol–water partition coefficient (Wildman–Crippen LogP) is 3.81. The van der Waals surface area contributed by atoms with Crippen LogP contribution in [-0.4, -0.2) is 15.0 Å². The molecule has 4 nitrogen and oxygen atoms in total. The third-order valence-corrected chi connectivity index (χ3v) is 4.60. The first-order chi connectivity index (χ1) is 11.6. The summed E-state index contributed by atoms with van der Waals surface area (Å²) in [4.78, 5) is 23.4. The molecule has 0 aliphatic heterocycles. The zero-order valence-corrected chi connectivity index (χ0v) is 13.8. The lowest BCUT2D eigenvalue weighted by Crippen LogP contribution is -2.16. The largest absolute Gasteiger partial charge is 0.342 e. The molecule has 0 bridgehead atoms. The summed E-state index contributed by atoms with van der Waals surface area (Å²) >= 11 is 0. The lowest BCUT2D eigenvalue weighted by molar-refractivity contribution is 0.872. The van der Waals surface area contributed by atoms with Crippen molar-refractivity contribution < 1.29 is 0 Å². The Labute approximate surface area is 139 Å². The molecule has 2 aromatic carbocycles. The molecule has 0 saturated heterocycles. The fourth-order valence-corrected chi connectivity index (χ4v) is 3.28. The van der Waals surface area contributed by atoms with E-state index in [1.807, 2.05) is 43.3 Å². The summed E-state index contributed by atoms with van der Waals surface area (Å²) in [5.41, 5.74) is 6.00. The standard InChI is InChI=1S/C20H19N3O/c1-12-7-9-16-15(11-12)13(2)14(20(24)23-16)8-10-19-21-17-5-3-4-6-18(17)22-19/h3-7,9,11H,8,10H2,1-2H3,(H,21,22)(H,23,24). The zero-order valence-electron chi connectivity index (χ0n) is 13.8. The second-order valence-corrected chi connectivity index (χ2v) is 6.31. The summed E-state index contributed by atoms with van der Waals surface area (Å²) in [6.45, 7) is 4.10. The maximum absolute atomic E-state index is 12.4. The van der Waals surface area contributed by atoms with Gasteiger partial charge in [-0.3, -0.25) is 4.79 Å². The Morgan fingerprint density at radius 3 is 2.62 bits per heavy atom. The first-order valence-electron chi connectivity index (χ1n) is 8.17. The molecule has 2 heterocycles. The van der Waals surface area contributed by atoms with Crippen LogP contribution in [0.25, 0.3) is 21.9 Å². The number of nitrogens with one attached hydrogen (secondary N) is 2. The summed E-state index contributed by atoms with van der Waals surface area (Å²) in [6.07, 6.45) is 1.39. The number of fused-ring (bicyclic) bond motifs is 2. The van der Waals surface area contributed by atoms with Gasteiger partial charge in [-0.15, -0.1) is 0 Å². The van der Waals surface area contributed by atoms with Crippen molar-refractivity contribution in [3.05, 3.63) is 75.3 Å². The Morgan fingerprint density at radius 2 is 1.79 bits per heavy atom. The average Bonchev–Trinajstić information content (AvgIpc) is 2.98. The maximum atomic E-state index is 12.4. The minimum atomic E-state index is -0.0000332. The van der Waals surface area contributed by atoms with Crippen LogP contribution in [0.2, 0.25) is 0 Å². The van der Waals surface area contributed by atoms with Gasteiger partial charge in [0.15, 0.2) is 0 Å². The van der Waals surface area contributed by atoms with Gasteiger partial charge in [0.2, 0.25) is 0 Å². The van der Waals surface area contributed by atoms with Gasteiger partial charge in [-0.2, -0.15) is 0 Å². The molecule has 0 saturated carbocycles. The Balaban J connectivity index is 1.70. The highest BCUT2D eigenvalue weighted by molar-refractivity contribution is 5.83. The van der Waals surface area contributed by atoms with E-state index in [9.17, 15) is 4.79 Å². The molecular weight excluding hydrogens is 298 g/mol. The molecule has 0 radical (unpaired) electrons. The van der Waals surface area contributed by atoms with Gasteiger partial charge in [0, 0.05) is 22.9 Å². The van der Waals surface area contributed by atoms with Crippen molar-refractivity contribution >= 4 is 21.9 Å². The van der Waals surface area contributed by atoms with Crippen LogP contribution in [0, 0.1) is 13.8 Å². The fourth-order valence-electron chi connectivity index (χ4n) is 3.28. The van der Waals surface area contributed by atoms with E-state index >= 15 is 0 Å². The molecule has 24 heavy (non-hydrogen) atoms. The van der Waals surface area contributed by atoms with Crippen LogP contribution in [0.1, 0.15) is 22.5 Å². The molecule has 0 unspecified atom stereocenters. The second-order valence-electron chi connectivity index (χ2n) is 6.31. The third kappa shape index (κ3) is 2.50. The normalized spacial score (nSPS) is 11.4. The van der Waals surface area contributed by atoms with E-state index in [-0.39, 0.29) is 5.56 Å². The number of nitrogens with zero attached hydrogens (tertiary/aromatic N) is 1. The summed E-state index contributed by atoms with van der Waals surface area (Å²) in [5, 5.41) is 1.12. The minimum Gasteiger partial charge on any atom is -0.342 e. The van der Waals surface area contributed by atoms with Crippen molar-refractivity contribution in [1.29, 1.82) is 0 Å². The fraction of sp³-hybridized carbons (Fsp3) is 0.200. The van der Waals surface area contributed by atoms with Crippen LogP contribution in [0.5, 0.6) is 0 Å². The van der Waals surface area contributed by atoms with E-state index in [4.69, 9.17) is 0 Å². The number of pyridine rings is 1. The van der Waals surface area contributed by atoms with Gasteiger partial charge in [0.1, 0.15) is 5.82 Å². The average molecular weight is 317 g/mol. The second kappa shape index (κ2) is 5.64. The minimum absolute atomic E-state index is 0.0000332. The van der Waals surface area contributed by atoms with Gasteiger partial charge in [0.05, 0.1) is 11.0 Å². The van der Waals surface area contributed by atoms with Crippen molar-refractivity contribution in [1.82, 2.24) is 15.0 Å². The topological polar surface area (TPSA) is 61.5 Å². The van der Waals surface area contributed by atoms with Crippen LogP contribution in [0.3, 0.4) is 0 Å². The van der Waals surface area contributed by atoms with Crippen LogP contribution >= 0.6 is 0 Å². The van der Waals surface area contributed by atoms with Crippen molar-refractivity contribution in [2.75, 3.05) is 0 Å². The molecule has 120 valence electrons. The number of para-hydroxylation sites is 2. The first-order valence-corrected chi connectivity index (χ1v) is 8.17. The number of rotatable bonds is 3. The SMILES string of the molecule is Cc1ccc2[nH]c(=O)c(CCc3nc4ccccc4[nH]3)c(C)c2c1. The molecule has 0 fully saturated rings. The van der Waals surface area contributed by atoms with E-state index < -0.39 is 0 Å². The monoisotopic (exact) mass is 317 g/mol. The third-order valence-electron chi connectivity index (χ3n) is 4.60. The maximum Gasteiger partial charge on any atom is 0.251 e. The molecular formula is C20H19N3O. The molecule has 4 rings (SSSR count). The number of benzene rings is 2. The number of H-pyrrole nitrogens is 2. The lowest BCUT2D eigenvalue weighted by Gasteiger charge is -2.09. The van der Waals surface area contributed by atoms with Crippen LogP contribution in [0.15, 0.2) is 47.3 Å². The summed E-state index contributed by atoms with van der Waals surface area (Å²) in [5.74, 6) is 0.916. The van der Waals surface area contributed by atoms with Gasteiger partial charge in [0.25, 0.3) is 5.56 Å². The first kappa shape index (κ1) is 14.7. The Morgan fingerprint density at radius 1 is 0.958 bits per heavy atom. The molecule has 0 aliphatic carbocycles. The van der Waals surface area contributed by atoms with E-state index in [0.717, 1.165) is 45.3 Å². The molecule has 0 amide bonds.